The highest BCUT2D eigenvalue weighted by Gasteiger charge is 2.22. The lowest BCUT2D eigenvalue weighted by Gasteiger charge is -2.26. The average molecular weight is 340 g/mol. The summed E-state index contributed by atoms with van der Waals surface area (Å²) in [5.74, 6) is 0.547. The van der Waals surface area contributed by atoms with Gasteiger partial charge in [0.2, 0.25) is 11.9 Å². The van der Waals surface area contributed by atoms with Gasteiger partial charge in [0.05, 0.1) is 6.04 Å². The Morgan fingerprint density at radius 2 is 1.72 bits per heavy atom. The van der Waals surface area contributed by atoms with Crippen molar-refractivity contribution < 1.29 is 4.79 Å². The summed E-state index contributed by atoms with van der Waals surface area (Å²) in [6.45, 7) is 8.35. The smallest absolute Gasteiger partial charge is 0.243 e. The van der Waals surface area contributed by atoms with Crippen LogP contribution in [0, 0.1) is 5.92 Å². The van der Waals surface area contributed by atoms with E-state index in [1.54, 1.807) is 18.5 Å². The molecule has 0 spiro atoms. The van der Waals surface area contributed by atoms with E-state index in [9.17, 15) is 4.79 Å². The molecule has 0 fully saturated rings. The Hall–Kier alpha value is -2.27. The number of aromatic nitrogens is 2. The monoisotopic (exact) mass is 340 g/mol. The maximum absolute atomic E-state index is 12.4. The minimum absolute atomic E-state index is 0.105. The highest BCUT2D eigenvalue weighted by atomic mass is 16.2. The first kappa shape index (κ1) is 19.1. The van der Waals surface area contributed by atoms with Crippen LogP contribution in [0.4, 0.5) is 5.95 Å². The van der Waals surface area contributed by atoms with Gasteiger partial charge in [-0.05, 0) is 36.5 Å². The van der Waals surface area contributed by atoms with E-state index in [1.165, 1.54) is 11.1 Å². The quantitative estimate of drug-likeness (QED) is 0.768. The van der Waals surface area contributed by atoms with E-state index in [0.717, 1.165) is 12.8 Å². The molecule has 0 aliphatic carbocycles. The van der Waals surface area contributed by atoms with Crippen LogP contribution in [0.2, 0.25) is 0 Å². The van der Waals surface area contributed by atoms with E-state index in [-0.39, 0.29) is 18.0 Å². The molecule has 1 aromatic carbocycles. The molecule has 2 unspecified atom stereocenters. The molecule has 2 rings (SSSR count). The molecule has 0 bridgehead atoms. The fraction of sp³-hybridized carbons (Fsp3) is 0.450. The van der Waals surface area contributed by atoms with Crippen molar-refractivity contribution in [1.29, 1.82) is 0 Å². The van der Waals surface area contributed by atoms with Crippen molar-refractivity contribution in [3.8, 4) is 0 Å². The zero-order valence-corrected chi connectivity index (χ0v) is 15.5. The normalized spacial score (nSPS) is 13.5. The number of amides is 1. The van der Waals surface area contributed by atoms with Gasteiger partial charge in [0.25, 0.3) is 0 Å². The second kappa shape index (κ2) is 9.28. The van der Waals surface area contributed by atoms with Crippen LogP contribution in [0.3, 0.4) is 0 Å². The number of hydrogen-bond acceptors (Lipinski definition) is 4. The summed E-state index contributed by atoms with van der Waals surface area (Å²) in [6, 6.07) is 10.1. The van der Waals surface area contributed by atoms with Gasteiger partial charge in [0.15, 0.2) is 0 Å². The van der Waals surface area contributed by atoms with Crippen LogP contribution in [0.1, 0.15) is 51.3 Å². The summed E-state index contributed by atoms with van der Waals surface area (Å²) >= 11 is 0. The summed E-state index contributed by atoms with van der Waals surface area (Å²) in [7, 11) is 0. The van der Waals surface area contributed by atoms with E-state index in [4.69, 9.17) is 0 Å². The summed E-state index contributed by atoms with van der Waals surface area (Å²) in [6.07, 6.45) is 5.45. The Balaban J connectivity index is 2.03. The molecule has 2 atom stereocenters. The third-order valence-electron chi connectivity index (χ3n) is 4.17. The Bertz CT molecular complexity index is 655. The van der Waals surface area contributed by atoms with Crippen LogP contribution < -0.4 is 10.6 Å². The van der Waals surface area contributed by atoms with Gasteiger partial charge in [-0.1, -0.05) is 51.5 Å². The minimum Gasteiger partial charge on any atom is -0.299 e. The molecule has 0 saturated carbocycles. The van der Waals surface area contributed by atoms with E-state index in [2.05, 4.69) is 65.6 Å². The van der Waals surface area contributed by atoms with Crippen molar-refractivity contribution in [2.45, 2.75) is 52.6 Å². The summed E-state index contributed by atoms with van der Waals surface area (Å²) in [5.41, 5.74) is 2.55. The molecule has 5 nitrogen and oxygen atoms in total. The van der Waals surface area contributed by atoms with Crippen LogP contribution in [0.25, 0.3) is 0 Å². The first-order valence-electron chi connectivity index (χ1n) is 8.94. The third-order valence-corrected chi connectivity index (χ3v) is 4.17. The lowest BCUT2D eigenvalue weighted by Crippen LogP contribution is -2.42. The second-order valence-electron chi connectivity index (χ2n) is 6.66. The van der Waals surface area contributed by atoms with Gasteiger partial charge in [-0.3, -0.25) is 15.4 Å². The molecule has 0 aliphatic rings. The van der Waals surface area contributed by atoms with Gasteiger partial charge in [0, 0.05) is 18.4 Å². The van der Waals surface area contributed by atoms with Crippen molar-refractivity contribution in [3.63, 3.8) is 0 Å². The largest absolute Gasteiger partial charge is 0.299 e. The molecule has 2 aromatic rings. The lowest BCUT2D eigenvalue weighted by atomic mass is 9.94. The fourth-order valence-electron chi connectivity index (χ4n) is 2.78. The molecule has 5 heteroatoms. The standard InChI is InChI=1S/C20H28N4O/c1-5-7-16-8-10-17(11-9-16)18(14(2)3)23-15(4)19(25)24-20-21-12-6-13-22-20/h6,8-15,18,23H,5,7H2,1-4H3,(H,21,22,24,25). The molecule has 0 saturated heterocycles. The molecule has 25 heavy (non-hydrogen) atoms. The number of nitrogens with one attached hydrogen (secondary N) is 2. The summed E-state index contributed by atoms with van der Waals surface area (Å²) in [4.78, 5) is 20.4. The Morgan fingerprint density at radius 1 is 1.08 bits per heavy atom. The maximum atomic E-state index is 12.4. The van der Waals surface area contributed by atoms with Crippen LogP contribution >= 0.6 is 0 Å². The van der Waals surface area contributed by atoms with Crippen LogP contribution in [-0.4, -0.2) is 21.9 Å². The van der Waals surface area contributed by atoms with Crippen molar-refractivity contribution >= 4 is 11.9 Å². The Morgan fingerprint density at radius 3 is 2.28 bits per heavy atom. The maximum Gasteiger partial charge on any atom is 0.243 e. The van der Waals surface area contributed by atoms with Crippen molar-refractivity contribution in [2.75, 3.05) is 5.32 Å². The van der Waals surface area contributed by atoms with Crippen molar-refractivity contribution in [3.05, 3.63) is 53.9 Å². The Labute approximate surface area is 150 Å². The Kier molecular flexibility index (Phi) is 7.07. The van der Waals surface area contributed by atoms with Crippen LogP contribution in [0.5, 0.6) is 0 Å². The van der Waals surface area contributed by atoms with Gasteiger partial charge in [0.1, 0.15) is 0 Å². The molecule has 134 valence electrons. The van der Waals surface area contributed by atoms with Crippen LogP contribution in [-0.2, 0) is 11.2 Å². The fourth-order valence-corrected chi connectivity index (χ4v) is 2.78. The van der Waals surface area contributed by atoms with E-state index >= 15 is 0 Å². The molecule has 1 aromatic heterocycles. The van der Waals surface area contributed by atoms with Gasteiger partial charge < -0.3 is 0 Å². The number of carbonyl (C=O) groups is 1. The van der Waals surface area contributed by atoms with E-state index in [1.807, 2.05) is 6.92 Å². The molecular formula is C20H28N4O. The number of carbonyl (C=O) groups excluding carboxylic acids is 1. The summed E-state index contributed by atoms with van der Waals surface area (Å²) < 4.78 is 0. The van der Waals surface area contributed by atoms with Gasteiger partial charge >= 0.3 is 0 Å². The highest BCUT2D eigenvalue weighted by molar-refractivity contribution is 5.93. The number of nitrogens with zero attached hydrogens (tertiary/aromatic N) is 2. The second-order valence-corrected chi connectivity index (χ2v) is 6.66. The highest BCUT2D eigenvalue weighted by Crippen LogP contribution is 2.23. The zero-order valence-electron chi connectivity index (χ0n) is 15.5. The molecule has 1 amide bonds. The predicted molar refractivity (Wildman–Crippen MR) is 101 cm³/mol. The predicted octanol–water partition coefficient (Wildman–Crippen LogP) is 3.74. The number of aryl methyl sites for hydroxylation is 1. The first-order valence-corrected chi connectivity index (χ1v) is 8.94. The topological polar surface area (TPSA) is 66.9 Å². The van der Waals surface area contributed by atoms with Gasteiger partial charge in [-0.15, -0.1) is 0 Å². The van der Waals surface area contributed by atoms with Gasteiger partial charge in [-0.25, -0.2) is 9.97 Å². The number of hydrogen-bond donors (Lipinski definition) is 2. The first-order chi connectivity index (χ1) is 12.0. The minimum atomic E-state index is -0.355. The van der Waals surface area contributed by atoms with Crippen molar-refractivity contribution in [2.24, 2.45) is 5.92 Å². The average Bonchev–Trinajstić information content (AvgIpc) is 2.61. The SMILES string of the molecule is CCCc1ccc(C(NC(C)C(=O)Nc2ncccn2)C(C)C)cc1. The zero-order chi connectivity index (χ0) is 18.2. The lowest BCUT2D eigenvalue weighted by molar-refractivity contribution is -0.118. The molecule has 0 radical (unpaired) electrons. The van der Waals surface area contributed by atoms with Gasteiger partial charge in [-0.2, -0.15) is 0 Å². The number of benzene rings is 1. The number of rotatable bonds is 8. The third kappa shape index (κ3) is 5.64. The van der Waals surface area contributed by atoms with E-state index < -0.39 is 0 Å². The van der Waals surface area contributed by atoms with Crippen LogP contribution in [0.15, 0.2) is 42.7 Å². The number of anilines is 1. The molecule has 1 heterocycles. The molecule has 0 aliphatic heterocycles. The van der Waals surface area contributed by atoms with E-state index in [0.29, 0.717) is 11.9 Å². The molecule has 2 N–H and O–H groups in total. The summed E-state index contributed by atoms with van der Waals surface area (Å²) in [5, 5.41) is 6.18. The van der Waals surface area contributed by atoms with Crippen molar-refractivity contribution in [1.82, 2.24) is 15.3 Å². The molecular weight excluding hydrogens is 312 g/mol.